The van der Waals surface area contributed by atoms with Crippen LogP contribution in [0.15, 0.2) is 60.2 Å². The zero-order chi connectivity index (χ0) is 25.8. The number of carbonyl (C=O) groups is 1. The molecule has 0 spiro atoms. The van der Waals surface area contributed by atoms with Gasteiger partial charge >= 0.3 is 0 Å². The largest absolute Gasteiger partial charge is 0.497 e. The van der Waals surface area contributed by atoms with Crippen molar-refractivity contribution in [3.63, 3.8) is 0 Å². The number of aromatic nitrogens is 1. The van der Waals surface area contributed by atoms with Crippen LogP contribution < -0.4 is 9.64 Å². The van der Waals surface area contributed by atoms with Crippen molar-refractivity contribution >= 4 is 23.4 Å². The van der Waals surface area contributed by atoms with E-state index in [4.69, 9.17) is 4.74 Å². The van der Waals surface area contributed by atoms with Gasteiger partial charge in [-0.15, -0.1) is 0 Å². The first-order valence-electron chi connectivity index (χ1n) is 11.6. The van der Waals surface area contributed by atoms with Gasteiger partial charge in [-0.3, -0.25) is 14.9 Å². The molecule has 36 heavy (non-hydrogen) atoms. The van der Waals surface area contributed by atoms with Gasteiger partial charge in [-0.05, 0) is 61.9 Å². The number of carbonyl (C=O) groups excluding carboxylic acids is 1. The first-order valence-corrected chi connectivity index (χ1v) is 11.6. The quantitative estimate of drug-likeness (QED) is 0.224. The van der Waals surface area contributed by atoms with Gasteiger partial charge in [0.15, 0.2) is 0 Å². The van der Waals surface area contributed by atoms with Gasteiger partial charge in [0.25, 0.3) is 11.6 Å². The molecular weight excluding hydrogens is 458 g/mol. The Morgan fingerprint density at radius 3 is 2.36 bits per heavy atom. The second-order valence-electron chi connectivity index (χ2n) is 8.55. The van der Waals surface area contributed by atoms with Crippen molar-refractivity contribution in [2.24, 2.45) is 0 Å². The molecule has 1 aliphatic heterocycles. The molecule has 2 aromatic carbocycles. The van der Waals surface area contributed by atoms with Gasteiger partial charge in [0.1, 0.15) is 23.1 Å². The van der Waals surface area contributed by atoms with Crippen LogP contribution in [0.4, 0.5) is 11.4 Å². The molecule has 0 atom stereocenters. The van der Waals surface area contributed by atoms with Gasteiger partial charge in [-0.25, -0.2) is 0 Å². The molecule has 0 radical (unpaired) electrons. The maximum absolute atomic E-state index is 13.2. The monoisotopic (exact) mass is 485 g/mol. The highest BCUT2D eigenvalue weighted by Crippen LogP contribution is 2.29. The standard InChI is InChI=1S/C27H27N5O4/c1-19-16-21(20(2)31(19)23-8-10-24(36-3)11-9-23)17-22(18-28)27(33)30-14-12-29(13-15-30)25-6-4-5-7-26(25)32(34)35/h4-11,16-17H,12-15H2,1-3H3/b22-17+. The van der Waals surface area contributed by atoms with Gasteiger partial charge < -0.3 is 19.1 Å². The summed E-state index contributed by atoms with van der Waals surface area (Å²) in [7, 11) is 1.62. The average Bonchev–Trinajstić information content (AvgIpc) is 3.19. The van der Waals surface area contributed by atoms with E-state index in [0.29, 0.717) is 31.9 Å². The summed E-state index contributed by atoms with van der Waals surface area (Å²) in [5, 5.41) is 21.2. The number of hydrogen-bond donors (Lipinski definition) is 0. The van der Waals surface area contributed by atoms with Gasteiger partial charge in [0.2, 0.25) is 0 Å². The fourth-order valence-electron chi connectivity index (χ4n) is 4.57. The number of ether oxygens (including phenoxy) is 1. The van der Waals surface area contributed by atoms with E-state index in [-0.39, 0.29) is 17.2 Å². The minimum atomic E-state index is -0.397. The van der Waals surface area contributed by atoms with E-state index in [1.807, 2.05) is 49.1 Å². The smallest absolute Gasteiger partial charge is 0.292 e. The fraction of sp³-hybridized carbons (Fsp3) is 0.259. The van der Waals surface area contributed by atoms with E-state index in [9.17, 15) is 20.2 Å². The number of nitro benzene ring substituents is 1. The van der Waals surface area contributed by atoms with Crippen molar-refractivity contribution < 1.29 is 14.5 Å². The summed E-state index contributed by atoms with van der Waals surface area (Å²) < 4.78 is 7.31. The molecule has 0 bridgehead atoms. The van der Waals surface area contributed by atoms with Crippen LogP contribution in [0.2, 0.25) is 0 Å². The summed E-state index contributed by atoms with van der Waals surface area (Å²) >= 11 is 0. The molecule has 0 unspecified atom stereocenters. The SMILES string of the molecule is COc1ccc(-n2c(C)cc(/C=C(\C#N)C(=O)N3CCN(c4ccccc4[N+](=O)[O-])CC3)c2C)cc1. The van der Waals surface area contributed by atoms with Gasteiger partial charge in [0, 0.05) is 49.3 Å². The number of rotatable bonds is 6. The minimum absolute atomic E-state index is 0.0436. The van der Waals surface area contributed by atoms with Crippen LogP contribution in [-0.2, 0) is 4.79 Å². The predicted octanol–water partition coefficient (Wildman–Crippen LogP) is 4.27. The molecule has 0 N–H and O–H groups in total. The molecule has 2 heterocycles. The molecule has 1 saturated heterocycles. The molecule has 4 rings (SSSR count). The van der Waals surface area contributed by atoms with Crippen LogP contribution in [0, 0.1) is 35.3 Å². The van der Waals surface area contributed by atoms with Crippen molar-refractivity contribution in [3.05, 3.63) is 87.2 Å². The Balaban J connectivity index is 1.52. The highest BCUT2D eigenvalue weighted by Gasteiger charge is 2.27. The van der Waals surface area contributed by atoms with Crippen LogP contribution in [0.5, 0.6) is 5.75 Å². The fourth-order valence-corrected chi connectivity index (χ4v) is 4.57. The second kappa shape index (κ2) is 10.4. The van der Waals surface area contributed by atoms with E-state index in [1.54, 1.807) is 36.3 Å². The first kappa shape index (κ1) is 24.5. The zero-order valence-electron chi connectivity index (χ0n) is 20.5. The number of aryl methyl sites for hydroxylation is 1. The highest BCUT2D eigenvalue weighted by molar-refractivity contribution is 6.02. The lowest BCUT2D eigenvalue weighted by Gasteiger charge is -2.35. The molecule has 9 nitrogen and oxygen atoms in total. The molecule has 9 heteroatoms. The topological polar surface area (TPSA) is 105 Å². The lowest BCUT2D eigenvalue weighted by molar-refractivity contribution is -0.384. The Labute approximate surface area is 209 Å². The molecule has 3 aromatic rings. The number of nitrogens with zero attached hydrogens (tertiary/aromatic N) is 5. The third-order valence-corrected chi connectivity index (χ3v) is 6.44. The summed E-state index contributed by atoms with van der Waals surface area (Å²) in [5.41, 5.74) is 4.29. The number of benzene rings is 2. The summed E-state index contributed by atoms with van der Waals surface area (Å²) in [5.74, 6) is 0.426. The van der Waals surface area contributed by atoms with Gasteiger partial charge in [-0.1, -0.05) is 12.1 Å². The van der Waals surface area contributed by atoms with Crippen molar-refractivity contribution in [1.29, 1.82) is 5.26 Å². The molecule has 1 fully saturated rings. The number of para-hydroxylation sites is 2. The Morgan fingerprint density at radius 1 is 1.08 bits per heavy atom. The number of nitro groups is 1. The van der Waals surface area contributed by atoms with E-state index in [0.717, 1.165) is 28.4 Å². The normalized spacial score (nSPS) is 13.9. The van der Waals surface area contributed by atoms with E-state index in [1.165, 1.54) is 6.07 Å². The number of piperazine rings is 1. The maximum Gasteiger partial charge on any atom is 0.292 e. The second-order valence-corrected chi connectivity index (χ2v) is 8.55. The molecule has 184 valence electrons. The molecule has 0 aliphatic carbocycles. The molecule has 1 amide bonds. The van der Waals surface area contributed by atoms with Gasteiger partial charge in [-0.2, -0.15) is 5.26 Å². The van der Waals surface area contributed by atoms with E-state index in [2.05, 4.69) is 10.6 Å². The number of anilines is 1. The van der Waals surface area contributed by atoms with Crippen molar-refractivity contribution in [3.8, 4) is 17.5 Å². The lowest BCUT2D eigenvalue weighted by Crippen LogP contribution is -2.49. The third kappa shape index (κ3) is 4.79. The van der Waals surface area contributed by atoms with Crippen LogP contribution >= 0.6 is 0 Å². The zero-order valence-corrected chi connectivity index (χ0v) is 20.5. The van der Waals surface area contributed by atoms with E-state index >= 15 is 0 Å². The van der Waals surface area contributed by atoms with Crippen molar-refractivity contribution in [2.75, 3.05) is 38.2 Å². The van der Waals surface area contributed by atoms with Crippen LogP contribution in [0.3, 0.4) is 0 Å². The van der Waals surface area contributed by atoms with Crippen LogP contribution in [0.25, 0.3) is 11.8 Å². The van der Waals surface area contributed by atoms with E-state index < -0.39 is 4.92 Å². The van der Waals surface area contributed by atoms with Crippen LogP contribution in [0.1, 0.15) is 17.0 Å². The summed E-state index contributed by atoms with van der Waals surface area (Å²) in [6.45, 7) is 5.56. The third-order valence-electron chi connectivity index (χ3n) is 6.44. The number of nitriles is 1. The Kier molecular flexibility index (Phi) is 7.06. The summed E-state index contributed by atoms with van der Waals surface area (Å²) in [4.78, 5) is 27.7. The van der Waals surface area contributed by atoms with Crippen LogP contribution in [-0.4, -0.2) is 53.6 Å². The number of methoxy groups -OCH3 is 1. The molecule has 0 saturated carbocycles. The lowest BCUT2D eigenvalue weighted by atomic mass is 10.1. The summed E-state index contributed by atoms with van der Waals surface area (Å²) in [6.07, 6.45) is 1.64. The number of amides is 1. The Hall–Kier alpha value is -4.58. The number of hydrogen-bond acceptors (Lipinski definition) is 6. The molecule has 1 aromatic heterocycles. The highest BCUT2D eigenvalue weighted by atomic mass is 16.6. The van der Waals surface area contributed by atoms with Crippen molar-refractivity contribution in [2.45, 2.75) is 13.8 Å². The maximum atomic E-state index is 13.2. The summed E-state index contributed by atoms with van der Waals surface area (Å²) in [6, 6.07) is 18.3. The minimum Gasteiger partial charge on any atom is -0.497 e. The molecular formula is C27H27N5O4. The first-order chi connectivity index (χ1) is 17.3. The Morgan fingerprint density at radius 2 is 1.75 bits per heavy atom. The van der Waals surface area contributed by atoms with Gasteiger partial charge in [0.05, 0.1) is 12.0 Å². The van der Waals surface area contributed by atoms with Crippen molar-refractivity contribution in [1.82, 2.24) is 9.47 Å². The predicted molar refractivity (Wildman–Crippen MR) is 137 cm³/mol. The molecule has 1 aliphatic rings. The Bertz CT molecular complexity index is 1360. The average molecular weight is 486 g/mol.